The first-order valence-corrected chi connectivity index (χ1v) is 7.35. The molecule has 0 aromatic heterocycles. The minimum Gasteiger partial charge on any atom is -0.376 e. The number of nitrogens with zero attached hydrogens (tertiary/aromatic N) is 1. The lowest BCUT2D eigenvalue weighted by molar-refractivity contribution is -0.124. The van der Waals surface area contributed by atoms with Crippen LogP contribution in [0.2, 0.25) is 5.02 Å². The number of carbonyl (C=O) groups excluding carboxylic acids is 2. The third-order valence-electron chi connectivity index (χ3n) is 2.87. The third kappa shape index (κ3) is 6.04. The summed E-state index contributed by atoms with van der Waals surface area (Å²) in [7, 11) is 3.77. The van der Waals surface area contributed by atoms with Crippen LogP contribution in [-0.2, 0) is 9.59 Å². The first kappa shape index (κ1) is 17.3. The first-order chi connectivity index (χ1) is 9.93. The summed E-state index contributed by atoms with van der Waals surface area (Å²) in [5.74, 6) is -0.307. The Morgan fingerprint density at radius 2 is 1.86 bits per heavy atom. The second kappa shape index (κ2) is 8.52. The molecule has 0 aliphatic heterocycles. The summed E-state index contributed by atoms with van der Waals surface area (Å²) in [6.07, 6.45) is 1.21. The van der Waals surface area contributed by atoms with Gasteiger partial charge in [0.25, 0.3) is 0 Å². The van der Waals surface area contributed by atoms with Crippen LogP contribution in [0.1, 0.15) is 26.2 Å². The molecule has 6 heteroatoms. The van der Waals surface area contributed by atoms with Crippen molar-refractivity contribution in [3.8, 4) is 0 Å². The summed E-state index contributed by atoms with van der Waals surface area (Å²) < 4.78 is 0. The Hall–Kier alpha value is -1.75. The fourth-order valence-corrected chi connectivity index (χ4v) is 1.96. The fraction of sp³-hybridized carbons (Fsp3) is 0.467. The van der Waals surface area contributed by atoms with Crippen LogP contribution in [-0.4, -0.2) is 32.5 Å². The van der Waals surface area contributed by atoms with Crippen molar-refractivity contribution in [3.05, 3.63) is 23.2 Å². The van der Waals surface area contributed by atoms with Crippen LogP contribution in [0.4, 0.5) is 11.4 Å². The minimum atomic E-state index is -0.202. The van der Waals surface area contributed by atoms with E-state index in [-0.39, 0.29) is 24.7 Å². The molecule has 1 aromatic carbocycles. The van der Waals surface area contributed by atoms with Gasteiger partial charge in [0.1, 0.15) is 0 Å². The molecule has 116 valence electrons. The molecule has 0 saturated heterocycles. The largest absolute Gasteiger partial charge is 0.376 e. The van der Waals surface area contributed by atoms with E-state index in [4.69, 9.17) is 11.6 Å². The Bertz CT molecular complexity index is 504. The van der Waals surface area contributed by atoms with Gasteiger partial charge >= 0.3 is 0 Å². The van der Waals surface area contributed by atoms with E-state index in [1.165, 1.54) is 0 Å². The minimum absolute atomic E-state index is 0.106. The standard InChI is InChI=1S/C15H22ClN3O2/c1-4-9-17-14(20)7-8-15(21)18-12-10-11(16)5-6-13(12)19(2)3/h5-6,10H,4,7-9H2,1-3H3,(H,17,20)(H,18,21). The number of hydrogen-bond acceptors (Lipinski definition) is 3. The molecule has 0 spiro atoms. The van der Waals surface area contributed by atoms with Gasteiger partial charge in [0.2, 0.25) is 11.8 Å². The van der Waals surface area contributed by atoms with E-state index in [1.54, 1.807) is 12.1 Å². The number of amides is 2. The van der Waals surface area contributed by atoms with Crippen LogP contribution in [0.3, 0.4) is 0 Å². The van der Waals surface area contributed by atoms with Gasteiger partial charge in [-0.3, -0.25) is 9.59 Å². The Morgan fingerprint density at radius 1 is 1.19 bits per heavy atom. The maximum atomic E-state index is 11.9. The van der Waals surface area contributed by atoms with Crippen molar-refractivity contribution in [1.29, 1.82) is 0 Å². The van der Waals surface area contributed by atoms with Gasteiger partial charge in [0, 0.05) is 38.5 Å². The molecule has 0 unspecified atom stereocenters. The quantitative estimate of drug-likeness (QED) is 0.814. The van der Waals surface area contributed by atoms with Gasteiger partial charge in [-0.15, -0.1) is 0 Å². The summed E-state index contributed by atoms with van der Waals surface area (Å²) in [5, 5.41) is 6.09. The Labute approximate surface area is 130 Å². The zero-order chi connectivity index (χ0) is 15.8. The molecule has 21 heavy (non-hydrogen) atoms. The summed E-state index contributed by atoms with van der Waals surface area (Å²) in [6, 6.07) is 5.31. The highest BCUT2D eigenvalue weighted by atomic mass is 35.5. The monoisotopic (exact) mass is 311 g/mol. The van der Waals surface area contributed by atoms with E-state index in [9.17, 15) is 9.59 Å². The number of halogens is 1. The molecule has 1 aromatic rings. The van der Waals surface area contributed by atoms with E-state index < -0.39 is 0 Å². The third-order valence-corrected chi connectivity index (χ3v) is 3.10. The lowest BCUT2D eigenvalue weighted by Crippen LogP contribution is -2.25. The van der Waals surface area contributed by atoms with Crippen LogP contribution in [0.25, 0.3) is 0 Å². The second-order valence-electron chi connectivity index (χ2n) is 4.95. The smallest absolute Gasteiger partial charge is 0.224 e. The molecule has 1 rings (SSSR count). The lowest BCUT2D eigenvalue weighted by Gasteiger charge is -2.18. The van der Waals surface area contributed by atoms with E-state index in [0.29, 0.717) is 17.3 Å². The molecule has 5 nitrogen and oxygen atoms in total. The molecule has 0 atom stereocenters. The summed E-state index contributed by atoms with van der Waals surface area (Å²) in [6.45, 7) is 2.62. The van der Waals surface area contributed by atoms with Crippen LogP contribution < -0.4 is 15.5 Å². The molecule has 0 aliphatic carbocycles. The van der Waals surface area contributed by atoms with Gasteiger partial charge in [0.05, 0.1) is 11.4 Å². The molecular formula is C15H22ClN3O2. The van der Waals surface area contributed by atoms with Crippen molar-refractivity contribution in [1.82, 2.24) is 5.32 Å². The zero-order valence-corrected chi connectivity index (χ0v) is 13.5. The molecule has 2 N–H and O–H groups in total. The van der Waals surface area contributed by atoms with E-state index in [2.05, 4.69) is 10.6 Å². The number of benzene rings is 1. The average Bonchev–Trinajstić information content (AvgIpc) is 2.42. The number of rotatable bonds is 7. The van der Waals surface area contributed by atoms with Gasteiger partial charge in [-0.25, -0.2) is 0 Å². The van der Waals surface area contributed by atoms with E-state index >= 15 is 0 Å². The molecule has 0 saturated carbocycles. The molecule has 0 radical (unpaired) electrons. The second-order valence-corrected chi connectivity index (χ2v) is 5.39. The lowest BCUT2D eigenvalue weighted by atomic mass is 10.2. The average molecular weight is 312 g/mol. The predicted molar refractivity (Wildman–Crippen MR) is 86.9 cm³/mol. The molecule has 0 bridgehead atoms. The van der Waals surface area contributed by atoms with Gasteiger partial charge in [-0.2, -0.15) is 0 Å². The van der Waals surface area contributed by atoms with Crippen LogP contribution >= 0.6 is 11.6 Å². The zero-order valence-electron chi connectivity index (χ0n) is 12.7. The first-order valence-electron chi connectivity index (χ1n) is 6.97. The fourth-order valence-electron chi connectivity index (χ4n) is 1.79. The van der Waals surface area contributed by atoms with E-state index in [1.807, 2.05) is 32.0 Å². The van der Waals surface area contributed by atoms with Crippen molar-refractivity contribution in [3.63, 3.8) is 0 Å². The summed E-state index contributed by atoms with van der Waals surface area (Å²) in [5.41, 5.74) is 1.51. The Morgan fingerprint density at radius 3 is 2.48 bits per heavy atom. The molecule has 0 fully saturated rings. The van der Waals surface area contributed by atoms with Crippen LogP contribution in [0, 0.1) is 0 Å². The highest BCUT2D eigenvalue weighted by Crippen LogP contribution is 2.27. The molecule has 0 aliphatic rings. The highest BCUT2D eigenvalue weighted by Gasteiger charge is 2.11. The Kier molecular flexibility index (Phi) is 7.02. The van der Waals surface area contributed by atoms with Crippen molar-refractivity contribution >= 4 is 34.8 Å². The summed E-state index contributed by atoms with van der Waals surface area (Å²) >= 11 is 5.96. The molecule has 0 heterocycles. The van der Waals surface area contributed by atoms with Gasteiger partial charge < -0.3 is 15.5 Å². The number of hydrogen-bond donors (Lipinski definition) is 2. The predicted octanol–water partition coefficient (Wildman–Crippen LogP) is 2.65. The molecule has 2 amide bonds. The highest BCUT2D eigenvalue weighted by molar-refractivity contribution is 6.31. The van der Waals surface area contributed by atoms with Crippen molar-refractivity contribution < 1.29 is 9.59 Å². The van der Waals surface area contributed by atoms with Crippen LogP contribution in [0.15, 0.2) is 18.2 Å². The maximum absolute atomic E-state index is 11.9. The summed E-state index contributed by atoms with van der Waals surface area (Å²) in [4.78, 5) is 25.3. The Balaban J connectivity index is 2.58. The molecular weight excluding hydrogens is 290 g/mol. The van der Waals surface area contributed by atoms with Crippen LogP contribution in [0.5, 0.6) is 0 Å². The normalized spacial score (nSPS) is 10.1. The van der Waals surface area contributed by atoms with Crippen molar-refractivity contribution in [2.24, 2.45) is 0 Å². The number of anilines is 2. The number of nitrogens with one attached hydrogen (secondary N) is 2. The van der Waals surface area contributed by atoms with E-state index in [0.717, 1.165) is 12.1 Å². The SMILES string of the molecule is CCCNC(=O)CCC(=O)Nc1cc(Cl)ccc1N(C)C. The van der Waals surface area contributed by atoms with Gasteiger partial charge in [-0.1, -0.05) is 18.5 Å². The topological polar surface area (TPSA) is 61.4 Å². The number of carbonyl (C=O) groups is 2. The van der Waals surface area contributed by atoms with Gasteiger partial charge in [0.15, 0.2) is 0 Å². The van der Waals surface area contributed by atoms with Crippen molar-refractivity contribution in [2.75, 3.05) is 30.9 Å². The van der Waals surface area contributed by atoms with Gasteiger partial charge in [-0.05, 0) is 24.6 Å². The maximum Gasteiger partial charge on any atom is 0.224 e. The van der Waals surface area contributed by atoms with Crippen molar-refractivity contribution in [2.45, 2.75) is 26.2 Å².